The van der Waals surface area contributed by atoms with Gasteiger partial charge in [0.05, 0.1) is 11.7 Å². The zero-order chi connectivity index (χ0) is 19.4. The average Bonchev–Trinajstić information content (AvgIpc) is 3.12. The van der Waals surface area contributed by atoms with Gasteiger partial charge in [0.15, 0.2) is 0 Å². The van der Waals surface area contributed by atoms with E-state index in [2.05, 4.69) is 21.3 Å². The van der Waals surface area contributed by atoms with Gasteiger partial charge in [0.2, 0.25) is 0 Å². The Morgan fingerprint density at radius 1 is 1.21 bits per heavy atom. The quantitative estimate of drug-likeness (QED) is 0.862. The molecule has 5 nitrogen and oxygen atoms in total. The summed E-state index contributed by atoms with van der Waals surface area (Å²) in [6, 6.07) is 9.69. The van der Waals surface area contributed by atoms with Crippen LogP contribution in [0.3, 0.4) is 0 Å². The van der Waals surface area contributed by atoms with Crippen molar-refractivity contribution in [2.45, 2.75) is 43.9 Å². The largest absolute Gasteiger partial charge is 0.370 e. The van der Waals surface area contributed by atoms with Gasteiger partial charge in [0.25, 0.3) is 5.91 Å². The molecule has 2 saturated heterocycles. The average molecular weight is 383 g/mol. The molecular formula is C22H26FN3O2. The fraction of sp³-hybridized carbons (Fsp3) is 0.455. The first-order valence-electron chi connectivity index (χ1n) is 9.95. The Balaban J connectivity index is 1.23. The molecule has 0 aliphatic carbocycles. The summed E-state index contributed by atoms with van der Waals surface area (Å²) in [4.78, 5) is 18.8. The lowest BCUT2D eigenvalue weighted by Gasteiger charge is -2.39. The molecule has 2 aliphatic rings. The first-order valence-corrected chi connectivity index (χ1v) is 9.95. The number of hydrogen-bond acceptors (Lipinski definition) is 4. The fourth-order valence-electron chi connectivity index (χ4n) is 4.19. The van der Waals surface area contributed by atoms with Gasteiger partial charge in [0, 0.05) is 44.1 Å². The molecule has 1 spiro atoms. The number of carbonyl (C=O) groups is 1. The van der Waals surface area contributed by atoms with E-state index >= 15 is 0 Å². The van der Waals surface area contributed by atoms with Crippen LogP contribution < -0.4 is 5.32 Å². The second kappa shape index (κ2) is 8.37. The molecule has 1 aromatic carbocycles. The molecule has 6 heteroatoms. The number of carbonyl (C=O) groups excluding carboxylic acids is 1. The van der Waals surface area contributed by atoms with Crippen LogP contribution in [0.25, 0.3) is 0 Å². The maximum Gasteiger partial charge on any atom is 0.251 e. The van der Waals surface area contributed by atoms with Crippen molar-refractivity contribution in [2.24, 2.45) is 0 Å². The van der Waals surface area contributed by atoms with Crippen molar-refractivity contribution in [2.75, 3.05) is 19.6 Å². The van der Waals surface area contributed by atoms with E-state index in [1.165, 1.54) is 29.8 Å². The number of aromatic nitrogens is 1. The monoisotopic (exact) mass is 383 g/mol. The SMILES string of the molecule is O=C(NCC1CCC2(CCN(Cc3cccnc3)CC2)O1)c1ccc(F)cc1. The predicted molar refractivity (Wildman–Crippen MR) is 104 cm³/mol. The van der Waals surface area contributed by atoms with Crippen molar-refractivity contribution >= 4 is 5.91 Å². The van der Waals surface area contributed by atoms with Crippen LogP contribution in [0.1, 0.15) is 41.6 Å². The third kappa shape index (κ3) is 4.56. The normalized spacial score (nSPS) is 21.7. The van der Waals surface area contributed by atoms with Gasteiger partial charge < -0.3 is 10.1 Å². The number of benzene rings is 1. The number of amides is 1. The van der Waals surface area contributed by atoms with Crippen molar-refractivity contribution in [1.29, 1.82) is 0 Å². The number of pyridine rings is 1. The maximum absolute atomic E-state index is 13.0. The first kappa shape index (κ1) is 19.0. The molecule has 2 aliphatic heterocycles. The molecule has 0 saturated carbocycles. The van der Waals surface area contributed by atoms with Crippen LogP contribution in [0.5, 0.6) is 0 Å². The third-order valence-electron chi connectivity index (χ3n) is 5.83. The number of ether oxygens (including phenoxy) is 1. The second-order valence-electron chi connectivity index (χ2n) is 7.82. The van der Waals surface area contributed by atoms with E-state index in [9.17, 15) is 9.18 Å². The molecule has 1 unspecified atom stereocenters. The van der Waals surface area contributed by atoms with Crippen LogP contribution >= 0.6 is 0 Å². The van der Waals surface area contributed by atoms with Crippen LogP contribution in [0.15, 0.2) is 48.8 Å². The number of nitrogens with one attached hydrogen (secondary N) is 1. The summed E-state index contributed by atoms with van der Waals surface area (Å²) in [6.07, 6.45) is 7.84. The summed E-state index contributed by atoms with van der Waals surface area (Å²) in [6.45, 7) is 3.46. The molecule has 0 bridgehead atoms. The Hall–Kier alpha value is -2.31. The molecule has 1 N–H and O–H groups in total. The molecule has 1 aromatic heterocycles. The van der Waals surface area contributed by atoms with Gasteiger partial charge in [-0.1, -0.05) is 6.07 Å². The van der Waals surface area contributed by atoms with E-state index in [-0.39, 0.29) is 23.4 Å². The number of halogens is 1. The highest BCUT2D eigenvalue weighted by Crippen LogP contribution is 2.39. The highest BCUT2D eigenvalue weighted by molar-refractivity contribution is 5.94. The predicted octanol–water partition coefficient (Wildman–Crippen LogP) is 3.16. The van der Waals surface area contributed by atoms with Gasteiger partial charge >= 0.3 is 0 Å². The van der Waals surface area contributed by atoms with E-state index < -0.39 is 0 Å². The number of rotatable bonds is 5. The lowest BCUT2D eigenvalue weighted by Crippen LogP contribution is -2.44. The Morgan fingerprint density at radius 3 is 2.71 bits per heavy atom. The minimum Gasteiger partial charge on any atom is -0.370 e. The van der Waals surface area contributed by atoms with Crippen molar-refractivity contribution in [3.63, 3.8) is 0 Å². The molecule has 3 heterocycles. The molecule has 0 radical (unpaired) electrons. The minimum atomic E-state index is -0.340. The maximum atomic E-state index is 13.0. The highest BCUT2D eigenvalue weighted by atomic mass is 19.1. The first-order chi connectivity index (χ1) is 13.6. The molecule has 28 heavy (non-hydrogen) atoms. The summed E-state index contributed by atoms with van der Waals surface area (Å²) >= 11 is 0. The smallest absolute Gasteiger partial charge is 0.251 e. The standard InChI is InChI=1S/C22H26FN3O2/c23-19-5-3-18(4-6-19)21(27)25-15-20-7-8-22(28-20)9-12-26(13-10-22)16-17-2-1-11-24-14-17/h1-6,11,14,20H,7-10,12-13,15-16H2,(H,25,27). The molecule has 2 fully saturated rings. The fourth-order valence-corrected chi connectivity index (χ4v) is 4.19. The summed E-state index contributed by atoms with van der Waals surface area (Å²) < 4.78 is 19.4. The van der Waals surface area contributed by atoms with Gasteiger partial charge in [-0.3, -0.25) is 14.7 Å². The van der Waals surface area contributed by atoms with E-state index in [4.69, 9.17) is 4.74 Å². The molecule has 1 atom stereocenters. The second-order valence-corrected chi connectivity index (χ2v) is 7.82. The lowest BCUT2D eigenvalue weighted by atomic mass is 9.88. The third-order valence-corrected chi connectivity index (χ3v) is 5.83. The molecule has 2 aromatic rings. The highest BCUT2D eigenvalue weighted by Gasteiger charge is 2.42. The number of piperidine rings is 1. The topological polar surface area (TPSA) is 54.5 Å². The van der Waals surface area contributed by atoms with Gasteiger partial charge in [-0.15, -0.1) is 0 Å². The Kier molecular flexibility index (Phi) is 5.69. The summed E-state index contributed by atoms with van der Waals surface area (Å²) in [5.74, 6) is -0.525. The van der Waals surface area contributed by atoms with Gasteiger partial charge in [-0.2, -0.15) is 0 Å². The van der Waals surface area contributed by atoms with Crippen molar-refractivity contribution in [3.8, 4) is 0 Å². The van der Waals surface area contributed by atoms with Crippen LogP contribution in [-0.2, 0) is 11.3 Å². The summed E-state index contributed by atoms with van der Waals surface area (Å²) in [5.41, 5.74) is 1.67. The van der Waals surface area contributed by atoms with Gasteiger partial charge in [0.1, 0.15) is 5.82 Å². The number of nitrogens with zero attached hydrogens (tertiary/aromatic N) is 2. The molecular weight excluding hydrogens is 357 g/mol. The Labute approximate surface area is 164 Å². The van der Waals surface area contributed by atoms with Crippen molar-refractivity contribution < 1.29 is 13.9 Å². The minimum absolute atomic E-state index is 0.0449. The van der Waals surface area contributed by atoms with Crippen molar-refractivity contribution in [1.82, 2.24) is 15.2 Å². The number of likely N-dealkylation sites (tertiary alicyclic amines) is 1. The summed E-state index contributed by atoms with van der Waals surface area (Å²) in [7, 11) is 0. The van der Waals surface area contributed by atoms with Crippen LogP contribution in [0.4, 0.5) is 4.39 Å². The zero-order valence-electron chi connectivity index (χ0n) is 15.9. The van der Waals surface area contributed by atoms with Gasteiger partial charge in [-0.25, -0.2) is 4.39 Å². The van der Waals surface area contributed by atoms with Crippen LogP contribution in [0.2, 0.25) is 0 Å². The molecule has 4 rings (SSSR count). The lowest BCUT2D eigenvalue weighted by molar-refractivity contribution is -0.0764. The Bertz CT molecular complexity index is 789. The van der Waals surface area contributed by atoms with E-state index in [1.807, 2.05) is 12.3 Å². The van der Waals surface area contributed by atoms with Crippen LogP contribution in [-0.4, -0.2) is 47.1 Å². The molecule has 1 amide bonds. The zero-order valence-corrected chi connectivity index (χ0v) is 15.9. The Morgan fingerprint density at radius 2 is 2.00 bits per heavy atom. The van der Waals surface area contributed by atoms with E-state index in [0.717, 1.165) is 45.3 Å². The molecule has 148 valence electrons. The van der Waals surface area contributed by atoms with Crippen LogP contribution in [0, 0.1) is 5.82 Å². The van der Waals surface area contributed by atoms with E-state index in [0.29, 0.717) is 12.1 Å². The summed E-state index contributed by atoms with van der Waals surface area (Å²) in [5, 5.41) is 2.92. The van der Waals surface area contributed by atoms with Crippen molar-refractivity contribution in [3.05, 3.63) is 65.7 Å². The number of hydrogen-bond donors (Lipinski definition) is 1. The van der Waals surface area contributed by atoms with E-state index in [1.54, 1.807) is 6.20 Å². The van der Waals surface area contributed by atoms with Gasteiger partial charge in [-0.05, 0) is 61.6 Å².